The second-order valence-corrected chi connectivity index (χ2v) is 7.80. The van der Waals surface area contributed by atoms with E-state index in [0.29, 0.717) is 30.5 Å². The molecule has 2 aromatic rings. The van der Waals surface area contributed by atoms with Gasteiger partial charge in [0.2, 0.25) is 0 Å². The van der Waals surface area contributed by atoms with Crippen molar-refractivity contribution in [3.05, 3.63) is 51.5 Å². The number of nitrogens with zero attached hydrogens (tertiary/aromatic N) is 3. The quantitative estimate of drug-likeness (QED) is 0.310. The molecule has 0 atom stereocenters. The summed E-state index contributed by atoms with van der Waals surface area (Å²) < 4.78 is 37.9. The van der Waals surface area contributed by atoms with Crippen molar-refractivity contribution in [2.45, 2.75) is 32.5 Å². The molecule has 2 N–H and O–H groups in total. The van der Waals surface area contributed by atoms with Gasteiger partial charge in [-0.25, -0.2) is 4.98 Å². The maximum absolute atomic E-state index is 12.6. The van der Waals surface area contributed by atoms with Crippen LogP contribution in [-0.2, 0) is 25.6 Å². The van der Waals surface area contributed by atoms with E-state index in [4.69, 9.17) is 0 Å². The van der Waals surface area contributed by atoms with Gasteiger partial charge in [-0.05, 0) is 24.5 Å². The normalized spacial score (nSPS) is 14.7. The van der Waals surface area contributed by atoms with Crippen LogP contribution < -0.4 is 10.6 Å². The van der Waals surface area contributed by atoms with Gasteiger partial charge >= 0.3 is 6.18 Å². The lowest BCUT2D eigenvalue weighted by molar-refractivity contribution is -0.140. The van der Waals surface area contributed by atoms with E-state index in [1.165, 1.54) is 11.1 Å². The van der Waals surface area contributed by atoms with Crippen LogP contribution in [0.2, 0.25) is 0 Å². The Balaban J connectivity index is 0.00000320. The van der Waals surface area contributed by atoms with Crippen molar-refractivity contribution in [1.29, 1.82) is 0 Å². The summed E-state index contributed by atoms with van der Waals surface area (Å²) in [5.74, 6) is 0.678. The molecule has 10 heteroatoms. The number of alkyl halides is 3. The molecule has 0 amide bonds. The van der Waals surface area contributed by atoms with Gasteiger partial charge in [-0.2, -0.15) is 13.2 Å². The van der Waals surface area contributed by atoms with Gasteiger partial charge < -0.3 is 10.6 Å². The predicted octanol–water partition coefficient (Wildman–Crippen LogP) is 3.94. The lowest BCUT2D eigenvalue weighted by atomic mass is 10.0. The molecule has 0 fully saturated rings. The van der Waals surface area contributed by atoms with Crippen LogP contribution in [0.4, 0.5) is 13.2 Å². The molecule has 3 rings (SSSR count). The Hall–Kier alpha value is -1.40. The average molecular weight is 553 g/mol. The van der Waals surface area contributed by atoms with Crippen LogP contribution in [0.1, 0.15) is 28.8 Å². The first kappa shape index (κ1) is 24.9. The van der Waals surface area contributed by atoms with Gasteiger partial charge in [-0.1, -0.05) is 24.3 Å². The van der Waals surface area contributed by atoms with Crippen LogP contribution in [0.25, 0.3) is 0 Å². The Labute approximate surface area is 196 Å². The summed E-state index contributed by atoms with van der Waals surface area (Å²) in [5.41, 5.74) is 1.99. The first-order valence-corrected chi connectivity index (χ1v) is 10.7. The molecule has 166 valence electrons. The second-order valence-electron chi connectivity index (χ2n) is 6.86. The van der Waals surface area contributed by atoms with Crippen molar-refractivity contribution in [1.82, 2.24) is 20.5 Å². The third-order valence-corrected chi connectivity index (χ3v) is 5.62. The molecule has 0 saturated heterocycles. The highest BCUT2D eigenvalue weighted by Crippen LogP contribution is 2.30. The minimum absolute atomic E-state index is 0. The zero-order valence-corrected chi connectivity index (χ0v) is 20.0. The third kappa shape index (κ3) is 7.38. The summed E-state index contributed by atoms with van der Waals surface area (Å²) in [4.78, 5) is 10.6. The number of hydrogen-bond acceptors (Lipinski definition) is 4. The number of aliphatic imine (C=N–C) groups is 1. The molecule has 0 saturated carbocycles. The highest BCUT2D eigenvalue weighted by atomic mass is 127. The van der Waals surface area contributed by atoms with Gasteiger partial charge in [0.15, 0.2) is 11.7 Å². The fourth-order valence-corrected chi connectivity index (χ4v) is 4.04. The van der Waals surface area contributed by atoms with Crippen molar-refractivity contribution in [3.63, 3.8) is 0 Å². The Morgan fingerprint density at radius 2 is 2.00 bits per heavy atom. The van der Waals surface area contributed by atoms with Crippen LogP contribution in [-0.4, -0.2) is 48.6 Å². The number of hydrogen-bond donors (Lipinski definition) is 2. The summed E-state index contributed by atoms with van der Waals surface area (Å²) in [7, 11) is 0. The fourth-order valence-electron chi connectivity index (χ4n) is 3.23. The van der Waals surface area contributed by atoms with Crippen LogP contribution >= 0.6 is 35.3 Å². The monoisotopic (exact) mass is 553 g/mol. The molecule has 0 bridgehead atoms. The number of benzene rings is 1. The molecule has 0 radical (unpaired) electrons. The Kier molecular flexibility index (Phi) is 9.82. The molecule has 2 heterocycles. The number of nitrogens with one attached hydrogen (secondary N) is 2. The largest absolute Gasteiger partial charge is 0.434 e. The van der Waals surface area contributed by atoms with Gasteiger partial charge in [0.1, 0.15) is 0 Å². The average Bonchev–Trinajstić information content (AvgIpc) is 3.17. The third-order valence-electron chi connectivity index (χ3n) is 4.71. The van der Waals surface area contributed by atoms with Crippen LogP contribution in [0.3, 0.4) is 0 Å². The van der Waals surface area contributed by atoms with E-state index in [1.807, 2.05) is 6.92 Å². The lowest BCUT2D eigenvalue weighted by Crippen LogP contribution is -2.39. The van der Waals surface area contributed by atoms with Gasteiger partial charge in [-0.3, -0.25) is 9.89 Å². The zero-order chi connectivity index (χ0) is 20.7. The minimum atomic E-state index is -4.38. The standard InChI is InChI=1S/C20H26F3N5S.HI/c1-2-24-19(25-9-7-18-27-17(14-29-18)20(21,22)23)26-10-12-28-11-8-15-5-3-4-6-16(15)13-28;/h3-6,14H,2,7-13H2,1H3,(H2,24,25,26);1H. The molecule has 0 spiro atoms. The van der Waals surface area contributed by atoms with E-state index in [0.717, 1.165) is 49.3 Å². The summed E-state index contributed by atoms with van der Waals surface area (Å²) >= 11 is 1.03. The number of halogens is 4. The molecule has 0 unspecified atom stereocenters. The van der Waals surface area contributed by atoms with Crippen molar-refractivity contribution >= 4 is 41.3 Å². The predicted molar refractivity (Wildman–Crippen MR) is 126 cm³/mol. The van der Waals surface area contributed by atoms with E-state index in [9.17, 15) is 13.2 Å². The lowest BCUT2D eigenvalue weighted by Gasteiger charge is -2.28. The van der Waals surface area contributed by atoms with Crippen LogP contribution in [0.15, 0.2) is 34.6 Å². The fraction of sp³-hybridized carbons (Fsp3) is 0.500. The SMILES string of the molecule is CCNC(=NCCN1CCc2ccccc2C1)NCCc1nc(C(F)(F)F)cs1.I. The second kappa shape index (κ2) is 11.8. The molecular formula is C20H27F3IN5S. The van der Waals surface area contributed by atoms with Crippen molar-refractivity contribution in [2.75, 3.05) is 32.7 Å². The maximum Gasteiger partial charge on any atom is 0.434 e. The van der Waals surface area contributed by atoms with Gasteiger partial charge in [0.05, 0.1) is 11.6 Å². The molecule has 1 aromatic heterocycles. The highest BCUT2D eigenvalue weighted by molar-refractivity contribution is 14.0. The number of thiazole rings is 1. The number of fused-ring (bicyclic) bond motifs is 1. The molecule has 1 aliphatic rings. The van der Waals surface area contributed by atoms with Crippen molar-refractivity contribution < 1.29 is 13.2 Å². The molecular weight excluding hydrogens is 526 g/mol. The van der Waals surface area contributed by atoms with Crippen LogP contribution in [0.5, 0.6) is 0 Å². The van der Waals surface area contributed by atoms with Gasteiger partial charge in [0, 0.05) is 44.5 Å². The topological polar surface area (TPSA) is 52.6 Å². The first-order valence-electron chi connectivity index (χ1n) is 9.78. The number of guanidine groups is 1. The highest BCUT2D eigenvalue weighted by Gasteiger charge is 2.33. The van der Waals surface area contributed by atoms with E-state index in [2.05, 4.69) is 49.8 Å². The van der Waals surface area contributed by atoms with E-state index >= 15 is 0 Å². The van der Waals surface area contributed by atoms with Gasteiger partial charge in [0.25, 0.3) is 0 Å². The molecule has 0 aliphatic carbocycles. The maximum atomic E-state index is 12.6. The number of rotatable bonds is 7. The Bertz CT molecular complexity index is 825. The summed E-state index contributed by atoms with van der Waals surface area (Å²) in [6, 6.07) is 8.54. The minimum Gasteiger partial charge on any atom is -0.357 e. The summed E-state index contributed by atoms with van der Waals surface area (Å²) in [6.45, 7) is 6.68. The summed E-state index contributed by atoms with van der Waals surface area (Å²) in [6.07, 6.45) is -2.90. The zero-order valence-electron chi connectivity index (χ0n) is 16.8. The smallest absolute Gasteiger partial charge is 0.357 e. The summed E-state index contributed by atoms with van der Waals surface area (Å²) in [5, 5.41) is 7.88. The van der Waals surface area contributed by atoms with Crippen molar-refractivity contribution in [2.24, 2.45) is 4.99 Å². The molecule has 1 aliphatic heterocycles. The molecule has 1 aromatic carbocycles. The molecule has 30 heavy (non-hydrogen) atoms. The molecule has 5 nitrogen and oxygen atoms in total. The van der Waals surface area contributed by atoms with Crippen LogP contribution in [0, 0.1) is 0 Å². The Morgan fingerprint density at radius 3 is 2.70 bits per heavy atom. The van der Waals surface area contributed by atoms with E-state index < -0.39 is 11.9 Å². The first-order chi connectivity index (χ1) is 14.0. The van der Waals surface area contributed by atoms with Gasteiger partial charge in [-0.15, -0.1) is 35.3 Å². The van der Waals surface area contributed by atoms with E-state index in [-0.39, 0.29) is 24.0 Å². The number of aromatic nitrogens is 1. The Morgan fingerprint density at radius 1 is 1.23 bits per heavy atom. The van der Waals surface area contributed by atoms with E-state index in [1.54, 1.807) is 0 Å². The van der Waals surface area contributed by atoms with Crippen molar-refractivity contribution in [3.8, 4) is 0 Å².